The van der Waals surface area contributed by atoms with Crippen LogP contribution in [-0.2, 0) is 5.41 Å². The first-order chi connectivity index (χ1) is 40.3. The molecule has 0 amide bonds. The molecule has 0 heterocycles. The molecule has 2 nitrogen and oxygen atoms in total. The highest BCUT2D eigenvalue weighted by Gasteiger charge is 2.37. The predicted molar refractivity (Wildman–Crippen MR) is 348 cm³/mol. The van der Waals surface area contributed by atoms with E-state index in [-0.39, 0.29) is 5.41 Å². The van der Waals surface area contributed by atoms with Crippen LogP contribution in [-0.4, -0.2) is 0 Å². The van der Waals surface area contributed by atoms with Gasteiger partial charge >= 0.3 is 0 Å². The fourth-order valence-electron chi connectivity index (χ4n) is 12.7. The van der Waals surface area contributed by atoms with Gasteiger partial charge in [0.1, 0.15) is 0 Å². The van der Waals surface area contributed by atoms with Gasteiger partial charge in [0.15, 0.2) is 0 Å². The van der Waals surface area contributed by atoms with E-state index in [0.717, 1.165) is 45.3 Å². The fourth-order valence-corrected chi connectivity index (χ4v) is 12.7. The molecular formula is C80H60N2. The van der Waals surface area contributed by atoms with Crippen molar-refractivity contribution in [3.8, 4) is 77.9 Å². The van der Waals surface area contributed by atoms with Crippen LogP contribution in [0, 0.1) is 6.92 Å². The Labute approximate surface area is 482 Å². The molecule has 14 rings (SSSR count). The maximum atomic E-state index is 2.42. The molecule has 1 aliphatic rings. The Morgan fingerprint density at radius 1 is 0.232 bits per heavy atom. The number of benzene rings is 13. The van der Waals surface area contributed by atoms with Gasteiger partial charge in [-0.25, -0.2) is 0 Å². The quantitative estimate of drug-likeness (QED) is 0.120. The highest BCUT2D eigenvalue weighted by molar-refractivity contribution is 5.97. The Kier molecular flexibility index (Phi) is 12.8. The molecule has 390 valence electrons. The van der Waals surface area contributed by atoms with Crippen molar-refractivity contribution in [2.45, 2.75) is 26.2 Å². The van der Waals surface area contributed by atoms with Gasteiger partial charge in [-0.05, 0) is 203 Å². The molecule has 13 aromatic rings. The molecule has 0 unspecified atom stereocenters. The topological polar surface area (TPSA) is 6.48 Å². The molecular weight excluding hydrogens is 989 g/mol. The lowest BCUT2D eigenvalue weighted by Crippen LogP contribution is -2.16. The monoisotopic (exact) mass is 1050 g/mol. The van der Waals surface area contributed by atoms with Crippen LogP contribution in [0.3, 0.4) is 0 Å². The molecule has 13 aromatic carbocycles. The van der Waals surface area contributed by atoms with Gasteiger partial charge < -0.3 is 9.80 Å². The molecule has 0 fully saturated rings. The van der Waals surface area contributed by atoms with E-state index in [2.05, 4.69) is 340 Å². The summed E-state index contributed by atoms with van der Waals surface area (Å²) in [7, 11) is 0. The largest absolute Gasteiger partial charge is 0.311 e. The van der Waals surface area contributed by atoms with Crippen LogP contribution in [0.4, 0.5) is 34.1 Å². The Hall–Kier alpha value is -10.3. The van der Waals surface area contributed by atoms with E-state index in [1.165, 1.54) is 94.2 Å². The van der Waals surface area contributed by atoms with Gasteiger partial charge in [0.25, 0.3) is 0 Å². The molecule has 0 radical (unpaired) electrons. The number of hydrogen-bond acceptors (Lipinski definition) is 2. The number of para-hydroxylation sites is 2. The van der Waals surface area contributed by atoms with Crippen molar-refractivity contribution in [2.75, 3.05) is 9.80 Å². The van der Waals surface area contributed by atoms with E-state index in [1.54, 1.807) is 0 Å². The molecule has 1 aliphatic carbocycles. The molecule has 0 saturated heterocycles. The minimum absolute atomic E-state index is 0.123. The molecule has 2 heteroatoms. The summed E-state index contributed by atoms with van der Waals surface area (Å²) in [5, 5.41) is 2.49. The highest BCUT2D eigenvalue weighted by Crippen LogP contribution is 2.52. The third kappa shape index (κ3) is 9.15. The zero-order valence-corrected chi connectivity index (χ0v) is 46.3. The normalized spacial score (nSPS) is 12.2. The highest BCUT2D eigenvalue weighted by atomic mass is 15.1. The van der Waals surface area contributed by atoms with Crippen LogP contribution in [0.2, 0.25) is 0 Å². The van der Waals surface area contributed by atoms with Crippen LogP contribution in [0.25, 0.3) is 88.7 Å². The number of aryl methyl sites for hydroxylation is 1. The smallest absolute Gasteiger partial charge is 0.0465 e. The second kappa shape index (κ2) is 21.1. The van der Waals surface area contributed by atoms with Gasteiger partial charge in [-0.1, -0.05) is 232 Å². The van der Waals surface area contributed by atoms with Gasteiger partial charge in [0, 0.05) is 39.5 Å². The van der Waals surface area contributed by atoms with Crippen molar-refractivity contribution in [1.82, 2.24) is 0 Å². The number of anilines is 6. The standard InChI is InChI=1S/C80H60N2/c1-55-21-20-34-77-79(55)72-50-49-69(52-78(72)80(77,2)3)82(65-30-14-7-15-31-65)68-47-41-61(42-48-68)76-54-73(57-23-8-4-9-24-57)75(53-74(76)58-25-10-5-11-26-58)60-39-45-67(46-40-60)81(64-28-12-6-13-29-64)66-43-37-59(38-44-66)70-32-18-19-33-71(70)63-36-35-56-22-16-17-27-62(56)51-63/h4-54H,1-3H3. The Balaban J connectivity index is 0.836. The van der Waals surface area contributed by atoms with Crippen LogP contribution >= 0.6 is 0 Å². The maximum Gasteiger partial charge on any atom is 0.0465 e. The maximum absolute atomic E-state index is 2.42. The SMILES string of the molecule is Cc1cccc2c1-c1ccc(N(c3ccccc3)c3ccc(-c4cc(-c5ccccc5)c(-c5ccc(N(c6ccccc6)c6ccc(-c7ccccc7-c7ccc8ccccc8c7)cc6)cc5)cc4-c4ccccc4)cc3)cc1C2(C)C. The summed E-state index contributed by atoms with van der Waals surface area (Å²) in [5.74, 6) is 0. The third-order valence-corrected chi connectivity index (χ3v) is 16.8. The lowest BCUT2D eigenvalue weighted by molar-refractivity contribution is 0.660. The second-order valence-electron chi connectivity index (χ2n) is 22.1. The van der Waals surface area contributed by atoms with Crippen LogP contribution in [0.1, 0.15) is 30.5 Å². The first-order valence-corrected chi connectivity index (χ1v) is 28.5. The minimum Gasteiger partial charge on any atom is -0.311 e. The van der Waals surface area contributed by atoms with Crippen molar-refractivity contribution in [3.63, 3.8) is 0 Å². The predicted octanol–water partition coefficient (Wildman–Crippen LogP) is 22.4. The van der Waals surface area contributed by atoms with Gasteiger partial charge in [0.05, 0.1) is 0 Å². The second-order valence-corrected chi connectivity index (χ2v) is 22.1. The molecule has 0 aliphatic heterocycles. The van der Waals surface area contributed by atoms with Crippen molar-refractivity contribution in [1.29, 1.82) is 0 Å². The van der Waals surface area contributed by atoms with Gasteiger partial charge in [-0.15, -0.1) is 0 Å². The average molecular weight is 1050 g/mol. The van der Waals surface area contributed by atoms with Gasteiger partial charge in [0.2, 0.25) is 0 Å². The van der Waals surface area contributed by atoms with E-state index in [1.807, 2.05) is 0 Å². The molecule has 0 atom stereocenters. The summed E-state index contributed by atoms with van der Waals surface area (Å²) < 4.78 is 0. The first-order valence-electron chi connectivity index (χ1n) is 28.5. The van der Waals surface area contributed by atoms with Crippen LogP contribution in [0.5, 0.6) is 0 Å². The summed E-state index contributed by atoms with van der Waals surface area (Å²) in [6.45, 7) is 6.97. The fraction of sp³-hybridized carbons (Fsp3) is 0.0500. The minimum atomic E-state index is -0.123. The van der Waals surface area contributed by atoms with E-state index in [9.17, 15) is 0 Å². The number of hydrogen-bond donors (Lipinski definition) is 0. The summed E-state index contributed by atoms with van der Waals surface area (Å²) in [6.07, 6.45) is 0. The summed E-state index contributed by atoms with van der Waals surface area (Å²) in [4.78, 5) is 4.75. The zero-order chi connectivity index (χ0) is 55.2. The molecule has 0 N–H and O–H groups in total. The van der Waals surface area contributed by atoms with Crippen LogP contribution in [0.15, 0.2) is 309 Å². The Morgan fingerprint density at radius 3 is 1.12 bits per heavy atom. The number of nitrogens with zero attached hydrogens (tertiary/aromatic N) is 2. The number of fused-ring (bicyclic) bond motifs is 4. The zero-order valence-electron chi connectivity index (χ0n) is 46.3. The summed E-state index contributed by atoms with van der Waals surface area (Å²) in [6, 6.07) is 113. The first kappa shape index (κ1) is 50.0. The average Bonchev–Trinajstić information content (AvgIpc) is 4.05. The Morgan fingerprint density at radius 2 is 0.610 bits per heavy atom. The van der Waals surface area contributed by atoms with E-state index in [0.29, 0.717) is 0 Å². The lowest BCUT2D eigenvalue weighted by atomic mass is 9.82. The summed E-state index contributed by atoms with van der Waals surface area (Å²) in [5.41, 5.74) is 27.4. The molecule has 0 aromatic heterocycles. The van der Waals surface area contributed by atoms with Crippen molar-refractivity contribution in [2.24, 2.45) is 0 Å². The molecule has 0 spiro atoms. The molecule has 0 saturated carbocycles. The Bertz CT molecular complexity index is 4430. The van der Waals surface area contributed by atoms with Gasteiger partial charge in [-0.2, -0.15) is 0 Å². The van der Waals surface area contributed by atoms with Crippen molar-refractivity contribution in [3.05, 3.63) is 326 Å². The van der Waals surface area contributed by atoms with Crippen LogP contribution < -0.4 is 9.80 Å². The lowest BCUT2D eigenvalue weighted by Gasteiger charge is -2.28. The molecule has 82 heavy (non-hydrogen) atoms. The summed E-state index contributed by atoms with van der Waals surface area (Å²) >= 11 is 0. The van der Waals surface area contributed by atoms with Crippen molar-refractivity contribution >= 4 is 44.9 Å². The van der Waals surface area contributed by atoms with Crippen molar-refractivity contribution < 1.29 is 0 Å². The van der Waals surface area contributed by atoms with E-state index in [4.69, 9.17) is 0 Å². The number of rotatable bonds is 12. The van der Waals surface area contributed by atoms with E-state index >= 15 is 0 Å². The molecule has 0 bridgehead atoms. The third-order valence-electron chi connectivity index (χ3n) is 16.8. The van der Waals surface area contributed by atoms with Gasteiger partial charge in [-0.3, -0.25) is 0 Å². The van der Waals surface area contributed by atoms with E-state index < -0.39 is 0 Å².